The number of fused-ring (bicyclic) bond motifs is 1. The molecule has 0 bridgehead atoms. The minimum absolute atomic E-state index is 0.0364. The van der Waals surface area contributed by atoms with E-state index in [4.69, 9.17) is 0 Å². The Morgan fingerprint density at radius 3 is 2.68 bits per heavy atom. The van der Waals surface area contributed by atoms with Crippen molar-refractivity contribution in [3.63, 3.8) is 0 Å². The second kappa shape index (κ2) is 6.15. The molecule has 19 heavy (non-hydrogen) atoms. The molecule has 0 amide bonds. The predicted octanol–water partition coefficient (Wildman–Crippen LogP) is 3.92. The lowest BCUT2D eigenvalue weighted by atomic mass is 9.99. The van der Waals surface area contributed by atoms with Crippen LogP contribution in [0.3, 0.4) is 0 Å². The molecule has 2 rings (SSSR count). The van der Waals surface area contributed by atoms with Gasteiger partial charge in [-0.15, -0.1) is 0 Å². The Kier molecular flexibility index (Phi) is 4.53. The van der Waals surface area contributed by atoms with Crippen molar-refractivity contribution in [2.75, 3.05) is 0 Å². The molecule has 0 radical (unpaired) electrons. The number of carbonyl (C=O) groups excluding carboxylic acids is 1. The average molecular weight is 277 g/mol. The van der Waals surface area contributed by atoms with Crippen LogP contribution >= 0.6 is 11.5 Å². The van der Waals surface area contributed by atoms with Gasteiger partial charge in [0.1, 0.15) is 0 Å². The largest absolute Gasteiger partial charge is 0.275 e. The first-order chi connectivity index (χ1) is 9.19. The van der Waals surface area contributed by atoms with E-state index >= 15 is 0 Å². The number of carbonyl (C=O) groups is 1. The molecule has 0 aliphatic carbocycles. The van der Waals surface area contributed by atoms with Gasteiger partial charge in [0.2, 0.25) is 5.91 Å². The molecule has 0 saturated heterocycles. The number of benzene rings is 1. The van der Waals surface area contributed by atoms with Crippen LogP contribution in [-0.4, -0.2) is 9.86 Å². The van der Waals surface area contributed by atoms with Crippen LogP contribution in [0.1, 0.15) is 44.3 Å². The maximum absolute atomic E-state index is 12.4. The number of aromatic nitrogens is 1. The molecule has 1 heterocycles. The summed E-state index contributed by atoms with van der Waals surface area (Å²) < 4.78 is 2.22. The number of nitrogens with zero attached hydrogens (tertiary/aromatic N) is 1. The molecular weight excluding hydrogens is 258 g/mol. The monoisotopic (exact) mass is 277 g/mol. The second-order valence-electron chi connectivity index (χ2n) is 4.77. The zero-order valence-electron chi connectivity index (χ0n) is 11.4. The molecule has 0 aliphatic rings. The number of hydrogen-bond acceptors (Lipinski definition) is 3. The molecule has 3 nitrogen and oxygen atoms in total. The van der Waals surface area contributed by atoms with Gasteiger partial charge in [-0.05, 0) is 36.5 Å². The van der Waals surface area contributed by atoms with Gasteiger partial charge in [0.05, 0.1) is 10.1 Å². The van der Waals surface area contributed by atoms with Crippen LogP contribution in [-0.2, 0) is 0 Å². The van der Waals surface area contributed by atoms with Crippen LogP contribution in [0.15, 0.2) is 29.1 Å². The third-order valence-corrected chi connectivity index (χ3v) is 4.52. The van der Waals surface area contributed by atoms with Gasteiger partial charge in [0, 0.05) is 5.92 Å². The normalized spacial score (nSPS) is 12.7. The van der Waals surface area contributed by atoms with E-state index in [0.717, 1.165) is 30.4 Å². The van der Waals surface area contributed by atoms with Gasteiger partial charge in [0.25, 0.3) is 5.56 Å². The van der Waals surface area contributed by atoms with Gasteiger partial charge in [-0.1, -0.05) is 38.8 Å². The highest BCUT2D eigenvalue weighted by atomic mass is 32.1. The fraction of sp³-hybridized carbons (Fsp3) is 0.467. The van der Waals surface area contributed by atoms with E-state index in [1.54, 1.807) is 6.07 Å². The summed E-state index contributed by atoms with van der Waals surface area (Å²) in [6, 6.07) is 7.39. The smallest absolute Gasteiger partial charge is 0.273 e. The fourth-order valence-corrected chi connectivity index (χ4v) is 3.25. The van der Waals surface area contributed by atoms with E-state index in [2.05, 4.69) is 6.92 Å². The molecule has 1 aromatic heterocycles. The van der Waals surface area contributed by atoms with Crippen LogP contribution in [0.5, 0.6) is 0 Å². The minimum Gasteiger partial charge on any atom is -0.273 e. The third kappa shape index (κ3) is 2.78. The van der Waals surface area contributed by atoms with Gasteiger partial charge in [-0.25, -0.2) is 0 Å². The molecule has 1 atom stereocenters. The van der Waals surface area contributed by atoms with E-state index in [1.807, 2.05) is 25.1 Å². The van der Waals surface area contributed by atoms with Crippen LogP contribution in [0.2, 0.25) is 0 Å². The quantitative estimate of drug-likeness (QED) is 0.831. The van der Waals surface area contributed by atoms with Crippen LogP contribution in [0.25, 0.3) is 10.1 Å². The molecule has 102 valence electrons. The van der Waals surface area contributed by atoms with E-state index < -0.39 is 0 Å². The van der Waals surface area contributed by atoms with Crippen LogP contribution < -0.4 is 5.56 Å². The van der Waals surface area contributed by atoms with Gasteiger partial charge in [0.15, 0.2) is 0 Å². The zero-order chi connectivity index (χ0) is 13.8. The van der Waals surface area contributed by atoms with Gasteiger partial charge in [-0.2, -0.15) is 3.96 Å². The van der Waals surface area contributed by atoms with Crippen molar-refractivity contribution in [1.29, 1.82) is 0 Å². The van der Waals surface area contributed by atoms with E-state index in [0.29, 0.717) is 5.39 Å². The topological polar surface area (TPSA) is 39.1 Å². The first-order valence-electron chi connectivity index (χ1n) is 6.84. The lowest BCUT2D eigenvalue weighted by Gasteiger charge is -2.12. The molecule has 2 aromatic rings. The number of unbranched alkanes of at least 4 members (excludes halogenated alkanes) is 1. The Bertz CT molecular complexity index is 626. The number of rotatable bonds is 5. The standard InChI is InChI=1S/C15H19NO2S/c1-3-5-8-11(4-2)14(17)16-15(18)12-9-6-7-10-13(12)19-16/h6-7,9-11H,3-5,8H2,1-2H3. The molecule has 0 fully saturated rings. The summed E-state index contributed by atoms with van der Waals surface area (Å²) in [6.45, 7) is 4.12. The first-order valence-corrected chi connectivity index (χ1v) is 7.61. The highest BCUT2D eigenvalue weighted by molar-refractivity contribution is 7.14. The van der Waals surface area contributed by atoms with E-state index in [1.165, 1.54) is 15.5 Å². The molecule has 0 saturated carbocycles. The first kappa shape index (κ1) is 14.0. The lowest BCUT2D eigenvalue weighted by molar-refractivity contribution is 0.0832. The Balaban J connectivity index is 2.35. The molecule has 4 heteroatoms. The predicted molar refractivity (Wildman–Crippen MR) is 80.0 cm³/mol. The summed E-state index contributed by atoms with van der Waals surface area (Å²) in [4.78, 5) is 24.7. The van der Waals surface area contributed by atoms with Crippen molar-refractivity contribution < 1.29 is 4.79 Å². The second-order valence-corrected chi connectivity index (χ2v) is 5.76. The number of hydrogen-bond donors (Lipinski definition) is 0. The highest BCUT2D eigenvalue weighted by Gasteiger charge is 2.21. The summed E-state index contributed by atoms with van der Waals surface area (Å²) in [5, 5.41) is 0.645. The van der Waals surface area contributed by atoms with Crippen molar-refractivity contribution in [3.8, 4) is 0 Å². The van der Waals surface area contributed by atoms with Crippen molar-refractivity contribution in [3.05, 3.63) is 34.6 Å². The van der Waals surface area contributed by atoms with Crippen molar-refractivity contribution in [2.45, 2.75) is 39.5 Å². The van der Waals surface area contributed by atoms with E-state index in [-0.39, 0.29) is 17.4 Å². The maximum atomic E-state index is 12.4. The Hall–Kier alpha value is -1.42. The van der Waals surface area contributed by atoms with Crippen molar-refractivity contribution >= 4 is 27.5 Å². The zero-order valence-corrected chi connectivity index (χ0v) is 12.2. The molecular formula is C15H19NO2S. The minimum atomic E-state index is -0.166. The summed E-state index contributed by atoms with van der Waals surface area (Å²) >= 11 is 1.26. The molecule has 1 aromatic carbocycles. The van der Waals surface area contributed by atoms with Crippen molar-refractivity contribution in [2.24, 2.45) is 5.92 Å². The Morgan fingerprint density at radius 2 is 2.05 bits per heavy atom. The van der Waals surface area contributed by atoms with Gasteiger partial charge >= 0.3 is 0 Å². The highest BCUT2D eigenvalue weighted by Crippen LogP contribution is 2.20. The molecule has 0 N–H and O–H groups in total. The van der Waals surface area contributed by atoms with Crippen LogP contribution in [0.4, 0.5) is 0 Å². The summed E-state index contributed by atoms with van der Waals surface area (Å²) in [7, 11) is 0. The lowest BCUT2D eigenvalue weighted by Crippen LogP contribution is -2.27. The maximum Gasteiger partial charge on any atom is 0.275 e. The SMILES string of the molecule is CCCCC(CC)C(=O)n1sc2ccccc2c1=O. The molecule has 1 unspecified atom stereocenters. The van der Waals surface area contributed by atoms with Crippen molar-refractivity contribution in [1.82, 2.24) is 3.96 Å². The third-order valence-electron chi connectivity index (χ3n) is 3.44. The average Bonchev–Trinajstić information content (AvgIpc) is 2.77. The van der Waals surface area contributed by atoms with Gasteiger partial charge < -0.3 is 0 Å². The Morgan fingerprint density at radius 1 is 1.32 bits per heavy atom. The summed E-state index contributed by atoms with van der Waals surface area (Å²) in [5.74, 6) is -0.0761. The fourth-order valence-electron chi connectivity index (χ4n) is 2.24. The summed E-state index contributed by atoms with van der Waals surface area (Å²) in [6.07, 6.45) is 3.76. The Labute approximate surface area is 117 Å². The van der Waals surface area contributed by atoms with Gasteiger partial charge in [-0.3, -0.25) is 9.59 Å². The van der Waals surface area contributed by atoms with E-state index in [9.17, 15) is 9.59 Å². The summed E-state index contributed by atoms with van der Waals surface area (Å²) in [5.41, 5.74) is -0.166. The van der Waals surface area contributed by atoms with Crippen LogP contribution in [0, 0.1) is 5.92 Å². The molecule has 0 aliphatic heterocycles. The molecule has 0 spiro atoms.